The molecular formula is C21H27PZr. The zero-order valence-corrected chi connectivity index (χ0v) is 18.2. The zero-order valence-electron chi connectivity index (χ0n) is 14.8. The van der Waals surface area contributed by atoms with Crippen molar-refractivity contribution in [3.63, 3.8) is 0 Å². The Morgan fingerprint density at radius 2 is 2.00 bits per heavy atom. The Labute approximate surface area is 154 Å². The first kappa shape index (κ1) is 17.6. The summed E-state index contributed by atoms with van der Waals surface area (Å²) in [6.07, 6.45) is 10.2. The number of allylic oxidation sites excluding steroid dienone is 5. The van der Waals surface area contributed by atoms with E-state index >= 15 is 0 Å². The summed E-state index contributed by atoms with van der Waals surface area (Å²) in [5.74, 6) is 0. The number of fused-ring (bicyclic) bond motifs is 1. The minimum absolute atomic E-state index is 0.0219. The van der Waals surface area contributed by atoms with Gasteiger partial charge in [-0.1, -0.05) is 0 Å². The molecule has 0 heterocycles. The van der Waals surface area contributed by atoms with Gasteiger partial charge in [-0.15, -0.1) is 0 Å². The van der Waals surface area contributed by atoms with Crippen molar-refractivity contribution in [3.05, 3.63) is 61.2 Å². The molecule has 0 saturated heterocycles. The Bertz CT molecular complexity index is 679. The van der Waals surface area contributed by atoms with Gasteiger partial charge in [0.05, 0.1) is 0 Å². The summed E-state index contributed by atoms with van der Waals surface area (Å²) in [6, 6.07) is 9.13. The van der Waals surface area contributed by atoms with Crippen LogP contribution in [0.3, 0.4) is 0 Å². The van der Waals surface area contributed by atoms with E-state index in [4.69, 9.17) is 0 Å². The third-order valence-corrected chi connectivity index (χ3v) is 11.6. The van der Waals surface area contributed by atoms with Gasteiger partial charge in [0.15, 0.2) is 0 Å². The van der Waals surface area contributed by atoms with Crippen LogP contribution in [-0.4, -0.2) is 13.3 Å². The fourth-order valence-corrected chi connectivity index (χ4v) is 10.8. The summed E-state index contributed by atoms with van der Waals surface area (Å²) in [6.45, 7) is 9.56. The Balaban J connectivity index is 1.82. The van der Waals surface area contributed by atoms with Gasteiger partial charge in [0, 0.05) is 0 Å². The van der Waals surface area contributed by atoms with Crippen molar-refractivity contribution >= 4 is 14.0 Å². The fraction of sp³-hybridized carbons (Fsp3) is 0.429. The van der Waals surface area contributed by atoms with Gasteiger partial charge in [-0.05, 0) is 0 Å². The summed E-state index contributed by atoms with van der Waals surface area (Å²) in [5, 5.41) is 1.76. The molecule has 1 aromatic carbocycles. The molecule has 0 fully saturated rings. The average molecular weight is 402 g/mol. The molecule has 2 aliphatic rings. The molecule has 0 aliphatic heterocycles. The summed E-state index contributed by atoms with van der Waals surface area (Å²) in [4.78, 5) is 0. The zero-order chi connectivity index (χ0) is 16.4. The van der Waals surface area contributed by atoms with Crippen molar-refractivity contribution in [1.82, 2.24) is 0 Å². The molecule has 120 valence electrons. The van der Waals surface area contributed by atoms with Crippen LogP contribution in [0.4, 0.5) is 0 Å². The predicted molar refractivity (Wildman–Crippen MR) is 101 cm³/mol. The van der Waals surface area contributed by atoms with E-state index in [-0.39, 0.29) is 7.92 Å². The van der Waals surface area contributed by atoms with Crippen molar-refractivity contribution < 1.29 is 23.2 Å². The maximum absolute atomic E-state index is 2.53. The number of benzene rings is 1. The molecule has 0 N–H and O–H groups in total. The van der Waals surface area contributed by atoms with Crippen molar-refractivity contribution in [2.75, 3.05) is 13.3 Å². The molecule has 2 aliphatic carbocycles. The first-order valence-corrected chi connectivity index (χ1v) is 13.6. The molecule has 0 saturated carbocycles. The van der Waals surface area contributed by atoms with E-state index in [0.717, 1.165) is 3.63 Å². The molecular weight excluding hydrogens is 374 g/mol. The van der Waals surface area contributed by atoms with Crippen LogP contribution in [0.25, 0.3) is 6.08 Å². The van der Waals surface area contributed by atoms with E-state index in [1.165, 1.54) is 31.2 Å². The van der Waals surface area contributed by atoms with E-state index < -0.39 is 23.2 Å². The first-order chi connectivity index (χ1) is 11.1. The van der Waals surface area contributed by atoms with Gasteiger partial charge < -0.3 is 0 Å². The van der Waals surface area contributed by atoms with Gasteiger partial charge in [-0.3, -0.25) is 0 Å². The third kappa shape index (κ3) is 3.72. The van der Waals surface area contributed by atoms with E-state index in [1.54, 1.807) is 22.0 Å². The fourth-order valence-electron chi connectivity index (χ4n) is 3.57. The molecule has 0 spiro atoms. The molecule has 1 aromatic rings. The van der Waals surface area contributed by atoms with Gasteiger partial charge in [0.25, 0.3) is 0 Å². The number of rotatable bonds is 6. The molecule has 1 atom stereocenters. The van der Waals surface area contributed by atoms with Gasteiger partial charge in [0.1, 0.15) is 0 Å². The molecule has 0 nitrogen and oxygen atoms in total. The Morgan fingerprint density at radius 1 is 1.22 bits per heavy atom. The van der Waals surface area contributed by atoms with E-state index in [0.29, 0.717) is 0 Å². The third-order valence-electron chi connectivity index (χ3n) is 5.03. The summed E-state index contributed by atoms with van der Waals surface area (Å²) in [7, 11) is 0.0219. The van der Waals surface area contributed by atoms with Crippen LogP contribution in [0, 0.1) is 0 Å². The standard InChI is InChI=1S/C11H12P.C10H15.Zr/c1-12(2)11-7-9-5-3-4-6-10(9)8-11;1-3-4-7-10-8-5-6-9(10)2;/h3-8H,1-2H3;8H,3-5,7H2,1-2H3;. The molecule has 3 rings (SSSR count). The van der Waals surface area contributed by atoms with Gasteiger partial charge in [-0.25, -0.2) is 0 Å². The van der Waals surface area contributed by atoms with Gasteiger partial charge >= 0.3 is 155 Å². The van der Waals surface area contributed by atoms with Crippen molar-refractivity contribution in [1.29, 1.82) is 0 Å². The van der Waals surface area contributed by atoms with Crippen LogP contribution in [0.5, 0.6) is 0 Å². The average Bonchev–Trinajstić information content (AvgIpc) is 3.08. The molecule has 23 heavy (non-hydrogen) atoms. The number of unbranched alkanes of at least 4 members (excludes halogenated alkanes) is 1. The summed E-state index contributed by atoms with van der Waals surface area (Å²) >= 11 is -0.594. The number of hydrogen-bond acceptors (Lipinski definition) is 0. The van der Waals surface area contributed by atoms with Crippen molar-refractivity contribution in [2.24, 2.45) is 0 Å². The van der Waals surface area contributed by atoms with Crippen molar-refractivity contribution in [2.45, 2.75) is 43.2 Å². The second-order valence-electron chi connectivity index (χ2n) is 6.81. The molecule has 0 bridgehead atoms. The number of hydrogen-bond donors (Lipinski definition) is 0. The van der Waals surface area contributed by atoms with Crippen LogP contribution >= 0.6 is 7.92 Å². The second-order valence-corrected chi connectivity index (χ2v) is 12.7. The Kier molecular flexibility index (Phi) is 5.93. The van der Waals surface area contributed by atoms with Crippen LogP contribution in [-0.2, 0) is 23.2 Å². The van der Waals surface area contributed by atoms with Crippen LogP contribution in [0.2, 0.25) is 0 Å². The van der Waals surface area contributed by atoms with E-state index in [9.17, 15) is 0 Å². The maximum atomic E-state index is 2.53. The van der Waals surface area contributed by atoms with Gasteiger partial charge in [0.2, 0.25) is 0 Å². The summed E-state index contributed by atoms with van der Waals surface area (Å²) < 4.78 is 2.64. The summed E-state index contributed by atoms with van der Waals surface area (Å²) in [5.41, 5.74) is 6.47. The minimum atomic E-state index is -0.594. The predicted octanol–water partition coefficient (Wildman–Crippen LogP) is 6.70. The normalized spacial score (nSPS) is 20.0. The SMILES string of the molecule is CCCCC1=CC[C]([Zr][CH]2C(P(C)C)=Cc3ccccc32)=C1C. The first-order valence-electron chi connectivity index (χ1n) is 8.75. The van der Waals surface area contributed by atoms with Crippen LogP contribution < -0.4 is 0 Å². The monoisotopic (exact) mass is 400 g/mol. The van der Waals surface area contributed by atoms with Crippen molar-refractivity contribution in [3.8, 4) is 0 Å². The molecule has 0 aromatic heterocycles. The molecule has 2 heteroatoms. The molecule has 1 unspecified atom stereocenters. The van der Waals surface area contributed by atoms with Crippen LogP contribution in [0.1, 0.15) is 54.3 Å². The quantitative estimate of drug-likeness (QED) is 0.465. The Hall–Kier alpha value is -0.247. The van der Waals surface area contributed by atoms with Gasteiger partial charge in [-0.2, -0.15) is 0 Å². The Morgan fingerprint density at radius 3 is 2.74 bits per heavy atom. The molecule has 0 radical (unpaired) electrons. The topological polar surface area (TPSA) is 0 Å². The second kappa shape index (κ2) is 7.76. The molecule has 0 amide bonds. The van der Waals surface area contributed by atoms with E-state index in [1.807, 2.05) is 3.28 Å². The van der Waals surface area contributed by atoms with E-state index in [2.05, 4.69) is 63.6 Å². The van der Waals surface area contributed by atoms with Crippen LogP contribution in [0.15, 0.2) is 50.1 Å².